The summed E-state index contributed by atoms with van der Waals surface area (Å²) in [6.07, 6.45) is 2.38. The number of carbonyl (C=O) groups excluding carboxylic acids is 1. The minimum Gasteiger partial charge on any atom is -0.462 e. The van der Waals surface area contributed by atoms with Gasteiger partial charge in [0.1, 0.15) is 5.56 Å². The second kappa shape index (κ2) is 6.72. The van der Waals surface area contributed by atoms with Crippen molar-refractivity contribution in [1.29, 1.82) is 0 Å². The monoisotopic (exact) mass is 335 g/mol. The average molecular weight is 335 g/mol. The summed E-state index contributed by atoms with van der Waals surface area (Å²) in [6.45, 7) is 12.3. The third-order valence-corrected chi connectivity index (χ3v) is 4.63. The summed E-state index contributed by atoms with van der Waals surface area (Å²) < 4.78 is 18.6. The van der Waals surface area contributed by atoms with Gasteiger partial charge in [0.25, 0.3) is 5.56 Å². The molecule has 1 aromatic rings. The van der Waals surface area contributed by atoms with Crippen molar-refractivity contribution < 1.29 is 18.8 Å². The van der Waals surface area contributed by atoms with Crippen LogP contribution in [0.1, 0.15) is 58.3 Å². The molecule has 0 radical (unpaired) electrons. The van der Waals surface area contributed by atoms with Crippen LogP contribution >= 0.6 is 0 Å². The number of nitrogens with zero attached hydrogens (tertiary/aromatic N) is 1. The quantitative estimate of drug-likeness (QED) is 0.606. The van der Waals surface area contributed by atoms with E-state index in [1.807, 2.05) is 41.5 Å². The number of ether oxygens (including phenoxy) is 1. The second-order valence-corrected chi connectivity index (χ2v) is 7.00. The molecule has 0 atom stereocenters. The van der Waals surface area contributed by atoms with E-state index in [1.54, 1.807) is 6.20 Å². The highest BCUT2D eigenvalue weighted by Crippen LogP contribution is 2.36. The summed E-state index contributed by atoms with van der Waals surface area (Å²) in [5.41, 5.74) is -0.698. The molecule has 6 nitrogen and oxygen atoms in total. The van der Waals surface area contributed by atoms with Crippen LogP contribution in [0.3, 0.4) is 0 Å². The molecular weight excluding hydrogens is 309 g/mol. The van der Waals surface area contributed by atoms with Gasteiger partial charge in [-0.1, -0.05) is 6.92 Å². The highest BCUT2D eigenvalue weighted by Gasteiger charge is 2.52. The lowest BCUT2D eigenvalue weighted by Gasteiger charge is -2.32. The smallest absolute Gasteiger partial charge is 0.462 e. The van der Waals surface area contributed by atoms with Crippen molar-refractivity contribution >= 4 is 18.6 Å². The molecule has 24 heavy (non-hydrogen) atoms. The van der Waals surface area contributed by atoms with Gasteiger partial charge in [0.15, 0.2) is 0 Å². The topological polar surface area (TPSA) is 66.8 Å². The summed E-state index contributed by atoms with van der Waals surface area (Å²) in [7, 11) is -0.633. The molecule has 1 aliphatic rings. The van der Waals surface area contributed by atoms with E-state index in [1.165, 1.54) is 10.6 Å². The van der Waals surface area contributed by atoms with Crippen LogP contribution in [0.4, 0.5) is 0 Å². The Labute approximate surface area is 143 Å². The number of carbonyl (C=O) groups is 1. The number of pyridine rings is 1. The Morgan fingerprint density at radius 1 is 1.21 bits per heavy atom. The number of aryl methyl sites for hydroxylation is 1. The molecule has 0 unspecified atom stereocenters. The van der Waals surface area contributed by atoms with Crippen molar-refractivity contribution in [2.75, 3.05) is 6.61 Å². The number of hydrogen-bond acceptors (Lipinski definition) is 5. The molecule has 1 aliphatic heterocycles. The summed E-state index contributed by atoms with van der Waals surface area (Å²) in [5, 5.41) is 0. The lowest BCUT2D eigenvalue weighted by atomic mass is 9.79. The van der Waals surface area contributed by atoms with Crippen molar-refractivity contribution in [3.05, 3.63) is 28.2 Å². The Bertz CT molecular complexity index is 664. The number of aromatic nitrogens is 1. The highest BCUT2D eigenvalue weighted by molar-refractivity contribution is 6.62. The number of hydrogen-bond donors (Lipinski definition) is 0. The van der Waals surface area contributed by atoms with Crippen molar-refractivity contribution in [3.63, 3.8) is 0 Å². The third kappa shape index (κ3) is 3.42. The van der Waals surface area contributed by atoms with Gasteiger partial charge in [0.05, 0.1) is 17.8 Å². The summed E-state index contributed by atoms with van der Waals surface area (Å²) >= 11 is 0. The fraction of sp³-hybridized carbons (Fsp3) is 0.647. The first kappa shape index (κ1) is 18.7. The SMILES string of the molecule is CCCOC(=O)c1cc(B2OC(C)(C)C(C)(C)O2)cn(CC)c1=O. The van der Waals surface area contributed by atoms with Gasteiger partial charge in [-0.15, -0.1) is 0 Å². The summed E-state index contributed by atoms with van der Waals surface area (Å²) in [6, 6.07) is 1.52. The zero-order chi connectivity index (χ0) is 18.1. The predicted octanol–water partition coefficient (Wildman–Crippen LogP) is 1.73. The van der Waals surface area contributed by atoms with E-state index in [9.17, 15) is 9.59 Å². The van der Waals surface area contributed by atoms with E-state index in [2.05, 4.69) is 0 Å². The molecule has 1 aromatic heterocycles. The Balaban J connectivity index is 2.42. The van der Waals surface area contributed by atoms with E-state index >= 15 is 0 Å². The molecule has 1 saturated heterocycles. The molecule has 0 aliphatic carbocycles. The molecule has 2 heterocycles. The maximum Gasteiger partial charge on any atom is 0.496 e. The average Bonchev–Trinajstić information content (AvgIpc) is 2.73. The van der Waals surface area contributed by atoms with Crippen LogP contribution < -0.4 is 11.0 Å². The molecule has 1 fully saturated rings. The van der Waals surface area contributed by atoms with Crippen molar-refractivity contribution in [2.45, 2.75) is 65.7 Å². The molecule has 7 heteroatoms. The molecule has 2 rings (SSSR count). The van der Waals surface area contributed by atoms with Crippen LogP contribution in [-0.4, -0.2) is 35.5 Å². The zero-order valence-electron chi connectivity index (χ0n) is 15.3. The van der Waals surface area contributed by atoms with E-state index in [4.69, 9.17) is 14.0 Å². The lowest BCUT2D eigenvalue weighted by Crippen LogP contribution is -2.41. The van der Waals surface area contributed by atoms with Gasteiger partial charge in [-0.25, -0.2) is 4.79 Å². The zero-order valence-corrected chi connectivity index (χ0v) is 15.3. The van der Waals surface area contributed by atoms with E-state index in [0.717, 1.165) is 0 Å². The van der Waals surface area contributed by atoms with Crippen LogP contribution in [0.25, 0.3) is 0 Å². The Kier molecular flexibility index (Phi) is 5.25. The van der Waals surface area contributed by atoms with E-state index in [-0.39, 0.29) is 17.7 Å². The molecule has 132 valence electrons. The van der Waals surface area contributed by atoms with Crippen LogP contribution in [-0.2, 0) is 20.6 Å². The maximum absolute atomic E-state index is 12.4. The van der Waals surface area contributed by atoms with Crippen molar-refractivity contribution in [1.82, 2.24) is 4.57 Å². The lowest BCUT2D eigenvalue weighted by molar-refractivity contribution is 0.00578. The first-order valence-electron chi connectivity index (χ1n) is 8.40. The van der Waals surface area contributed by atoms with Gasteiger partial charge in [-0.3, -0.25) is 4.79 Å². The molecule has 0 spiro atoms. The number of rotatable bonds is 5. The molecule has 0 aromatic carbocycles. The second-order valence-electron chi connectivity index (χ2n) is 7.00. The summed E-state index contributed by atoms with van der Waals surface area (Å²) in [4.78, 5) is 24.6. The molecular formula is C17H26BNO5. The van der Waals surface area contributed by atoms with Crippen LogP contribution in [0.2, 0.25) is 0 Å². The van der Waals surface area contributed by atoms with Crippen LogP contribution in [0.5, 0.6) is 0 Å². The van der Waals surface area contributed by atoms with E-state index < -0.39 is 24.3 Å². The number of esters is 1. The third-order valence-electron chi connectivity index (χ3n) is 4.63. The van der Waals surface area contributed by atoms with Gasteiger partial charge >= 0.3 is 13.1 Å². The van der Waals surface area contributed by atoms with Crippen molar-refractivity contribution in [2.24, 2.45) is 0 Å². The van der Waals surface area contributed by atoms with E-state index in [0.29, 0.717) is 18.4 Å². The van der Waals surface area contributed by atoms with Gasteiger partial charge in [0.2, 0.25) is 0 Å². The normalized spacial score (nSPS) is 18.7. The Morgan fingerprint density at radius 3 is 2.29 bits per heavy atom. The molecule has 0 saturated carbocycles. The largest absolute Gasteiger partial charge is 0.496 e. The Morgan fingerprint density at radius 2 is 1.79 bits per heavy atom. The van der Waals surface area contributed by atoms with Crippen molar-refractivity contribution in [3.8, 4) is 0 Å². The van der Waals surface area contributed by atoms with Gasteiger partial charge in [-0.2, -0.15) is 0 Å². The predicted molar refractivity (Wildman–Crippen MR) is 92.7 cm³/mol. The fourth-order valence-electron chi connectivity index (χ4n) is 2.42. The van der Waals surface area contributed by atoms with Gasteiger partial charge < -0.3 is 18.6 Å². The Hall–Kier alpha value is -1.60. The minimum atomic E-state index is -0.633. The van der Waals surface area contributed by atoms with Crippen LogP contribution in [0, 0.1) is 0 Å². The molecule has 0 N–H and O–H groups in total. The minimum absolute atomic E-state index is 0.0116. The summed E-state index contributed by atoms with van der Waals surface area (Å²) in [5.74, 6) is -0.609. The maximum atomic E-state index is 12.4. The standard InChI is InChI=1S/C17H26BNO5/c1-7-9-22-15(21)13-10-12(11-19(8-2)14(13)20)18-23-16(3,4)17(5,6)24-18/h10-11H,7-9H2,1-6H3. The van der Waals surface area contributed by atoms with Gasteiger partial charge in [-0.05, 0) is 52.6 Å². The first-order valence-corrected chi connectivity index (χ1v) is 8.40. The van der Waals surface area contributed by atoms with Crippen LogP contribution in [0.15, 0.2) is 17.1 Å². The first-order chi connectivity index (χ1) is 11.1. The fourth-order valence-corrected chi connectivity index (χ4v) is 2.42. The highest BCUT2D eigenvalue weighted by atomic mass is 16.7. The van der Waals surface area contributed by atoms with Gasteiger partial charge in [0, 0.05) is 12.7 Å². The molecule has 0 amide bonds. The molecule has 0 bridgehead atoms.